The lowest BCUT2D eigenvalue weighted by Gasteiger charge is -2.28. The number of azo groups is 1. The second-order valence-electron chi connectivity index (χ2n) is 12.6. The molecule has 6 N–H and O–H groups in total. The highest BCUT2D eigenvalue weighted by Gasteiger charge is 2.30. The van der Waals surface area contributed by atoms with Gasteiger partial charge in [0.05, 0.1) is 7.11 Å². The maximum absolute atomic E-state index is 13.9. The third-order valence-electron chi connectivity index (χ3n) is 9.27. The Kier molecular flexibility index (Phi) is 11.8. The van der Waals surface area contributed by atoms with Crippen LogP contribution in [0.25, 0.3) is 11.1 Å². The number of nitrogens with one attached hydrogen (secondary N) is 2. The number of aryl methyl sites for hydroxylation is 1. The molecule has 0 unspecified atom stereocenters. The molecule has 1 atom stereocenters. The van der Waals surface area contributed by atoms with Gasteiger partial charge in [-0.15, -0.1) is 5.11 Å². The summed E-state index contributed by atoms with van der Waals surface area (Å²) in [7, 11) is 1.62. The summed E-state index contributed by atoms with van der Waals surface area (Å²) in [6, 6.07) is 18.7. The number of benzene rings is 3. The largest absolute Gasteiger partial charge is 0.496 e. The minimum absolute atomic E-state index is 0.0571. The number of carbonyl (C=O) groups excluding carboxylic acids is 3. The van der Waals surface area contributed by atoms with Crippen molar-refractivity contribution in [3.05, 3.63) is 82.9 Å². The molecule has 0 saturated heterocycles. The summed E-state index contributed by atoms with van der Waals surface area (Å²) in [5.41, 5.74) is 17.0. The van der Waals surface area contributed by atoms with Crippen LogP contribution in [-0.2, 0) is 16.0 Å². The lowest BCUT2D eigenvalue weighted by Crippen LogP contribution is -2.31. The zero-order valence-corrected chi connectivity index (χ0v) is 27.7. The molecule has 0 bridgehead atoms. The third kappa shape index (κ3) is 8.59. The smallest absolute Gasteiger partial charge is 0.251 e. The molecule has 1 aliphatic carbocycles. The lowest BCUT2D eigenvalue weighted by atomic mass is 9.77. The van der Waals surface area contributed by atoms with E-state index in [9.17, 15) is 14.4 Å². The van der Waals surface area contributed by atoms with Gasteiger partial charge in [0.15, 0.2) is 12.5 Å². The van der Waals surface area contributed by atoms with Crippen molar-refractivity contribution in [3.8, 4) is 16.9 Å². The highest BCUT2D eigenvalue weighted by molar-refractivity contribution is 6.01. The van der Waals surface area contributed by atoms with Gasteiger partial charge in [-0.1, -0.05) is 12.1 Å². The molecule has 2 amide bonds. The van der Waals surface area contributed by atoms with E-state index in [4.69, 9.17) is 16.2 Å². The second kappa shape index (κ2) is 16.4. The molecule has 1 saturated carbocycles. The Hall–Kier alpha value is -4.74. The van der Waals surface area contributed by atoms with Crippen LogP contribution in [0.1, 0.15) is 59.2 Å². The number of anilines is 1. The first kappa shape index (κ1) is 34.6. The van der Waals surface area contributed by atoms with E-state index in [-0.39, 0.29) is 29.9 Å². The zero-order chi connectivity index (χ0) is 34.0. The molecule has 48 heavy (non-hydrogen) atoms. The molecular formula is C37H45N7O4. The van der Waals surface area contributed by atoms with Gasteiger partial charge in [-0.2, -0.15) is 5.11 Å². The van der Waals surface area contributed by atoms with E-state index in [1.807, 2.05) is 61.5 Å². The number of ketones is 1. The molecule has 1 heterocycles. The van der Waals surface area contributed by atoms with Crippen molar-refractivity contribution in [3.63, 3.8) is 0 Å². The van der Waals surface area contributed by atoms with Gasteiger partial charge in [0, 0.05) is 53.7 Å². The molecule has 3 aromatic carbocycles. The van der Waals surface area contributed by atoms with Crippen molar-refractivity contribution in [1.29, 1.82) is 0 Å². The van der Waals surface area contributed by atoms with Crippen molar-refractivity contribution in [2.75, 3.05) is 38.7 Å². The van der Waals surface area contributed by atoms with Crippen LogP contribution in [0.3, 0.4) is 0 Å². The summed E-state index contributed by atoms with van der Waals surface area (Å²) >= 11 is 0. The fourth-order valence-corrected chi connectivity index (χ4v) is 6.48. The van der Waals surface area contributed by atoms with Gasteiger partial charge in [-0.25, -0.2) is 4.99 Å². The number of nitrogens with zero attached hydrogens (tertiary/aromatic N) is 3. The van der Waals surface area contributed by atoms with Crippen LogP contribution in [0, 0.1) is 24.7 Å². The van der Waals surface area contributed by atoms with Crippen LogP contribution in [0.4, 0.5) is 5.69 Å². The van der Waals surface area contributed by atoms with E-state index >= 15 is 0 Å². The fourth-order valence-electron chi connectivity index (χ4n) is 6.48. The predicted octanol–water partition coefficient (Wildman–Crippen LogP) is 5.05. The first-order valence-corrected chi connectivity index (χ1v) is 16.6. The summed E-state index contributed by atoms with van der Waals surface area (Å²) in [6.07, 6.45) is 4.01. The predicted molar refractivity (Wildman–Crippen MR) is 187 cm³/mol. The molecule has 11 nitrogen and oxygen atoms in total. The Morgan fingerprint density at radius 3 is 2.38 bits per heavy atom. The first-order chi connectivity index (χ1) is 23.3. The van der Waals surface area contributed by atoms with Gasteiger partial charge in [0.1, 0.15) is 11.5 Å². The maximum Gasteiger partial charge on any atom is 0.251 e. The standard InChI is InChI=1S/C37H45N7O4/c1-23-17-28(36(46)40-16-15-38)10-13-31(23)32-19-25(5-14-34(32)48-2)18-29(20-33(45)26-6-3-24(21-39)4-7-26)37(47)43-30-11-8-27(9-12-30)35-41-22-42-44-35/h5,8-14,17,19,24,26,29H,3-4,6-7,15-16,18,20-22,38-39H2,1-2H3,(H,40,46)(H,43,47)/t24?,26?,29-/m1/s1. The zero-order valence-electron chi connectivity index (χ0n) is 27.7. The second-order valence-corrected chi connectivity index (χ2v) is 12.6. The Morgan fingerprint density at radius 2 is 1.73 bits per heavy atom. The summed E-state index contributed by atoms with van der Waals surface area (Å²) in [5, 5.41) is 13.8. The van der Waals surface area contributed by atoms with Gasteiger partial charge in [-0.3, -0.25) is 14.4 Å². The monoisotopic (exact) mass is 651 g/mol. The van der Waals surface area contributed by atoms with E-state index in [1.54, 1.807) is 13.2 Å². The SMILES string of the molecule is COc1ccc(C[C@H](CC(=O)C2CCC(CN)CC2)C(=O)Nc2ccc(C3=NCN=N3)cc2)cc1-c1ccc(C(=O)NCCN)cc1C. The molecule has 252 valence electrons. The molecule has 1 aliphatic heterocycles. The summed E-state index contributed by atoms with van der Waals surface area (Å²) < 4.78 is 5.72. The van der Waals surface area contributed by atoms with Crippen molar-refractivity contribution < 1.29 is 19.1 Å². The number of ether oxygens (including phenoxy) is 1. The first-order valence-electron chi connectivity index (χ1n) is 16.6. The Bertz CT molecular complexity index is 1680. The molecule has 0 spiro atoms. The number of amidine groups is 1. The Balaban J connectivity index is 1.38. The molecule has 3 aromatic rings. The van der Waals surface area contributed by atoms with Crippen LogP contribution in [0.5, 0.6) is 5.75 Å². The Labute approximate surface area is 281 Å². The van der Waals surface area contributed by atoms with Crippen molar-refractivity contribution in [2.24, 2.45) is 44.4 Å². The molecule has 2 aliphatic rings. The van der Waals surface area contributed by atoms with Crippen LogP contribution < -0.4 is 26.8 Å². The van der Waals surface area contributed by atoms with E-state index in [0.717, 1.165) is 53.5 Å². The number of methoxy groups -OCH3 is 1. The van der Waals surface area contributed by atoms with Crippen LogP contribution in [0.15, 0.2) is 75.9 Å². The van der Waals surface area contributed by atoms with Crippen molar-refractivity contribution >= 4 is 29.1 Å². The Morgan fingerprint density at radius 1 is 0.958 bits per heavy atom. The number of rotatable bonds is 14. The van der Waals surface area contributed by atoms with E-state index in [2.05, 4.69) is 25.9 Å². The van der Waals surface area contributed by atoms with Gasteiger partial charge < -0.3 is 26.8 Å². The fraction of sp³-hybridized carbons (Fsp3) is 0.405. The number of carbonyl (C=O) groups is 3. The van der Waals surface area contributed by atoms with Gasteiger partial charge in [0.2, 0.25) is 5.91 Å². The summed E-state index contributed by atoms with van der Waals surface area (Å²) in [4.78, 5) is 44.3. The molecule has 0 radical (unpaired) electrons. The minimum Gasteiger partial charge on any atom is -0.496 e. The van der Waals surface area contributed by atoms with E-state index in [1.165, 1.54) is 0 Å². The highest BCUT2D eigenvalue weighted by atomic mass is 16.5. The van der Waals surface area contributed by atoms with Gasteiger partial charge in [-0.05, 0) is 117 Å². The van der Waals surface area contributed by atoms with E-state index < -0.39 is 5.92 Å². The maximum atomic E-state index is 13.9. The number of aliphatic imine (C=N–C) groups is 1. The molecule has 1 fully saturated rings. The average molecular weight is 652 g/mol. The molecule has 0 aromatic heterocycles. The highest BCUT2D eigenvalue weighted by Crippen LogP contribution is 2.35. The van der Waals surface area contributed by atoms with Crippen LogP contribution >= 0.6 is 0 Å². The minimum atomic E-state index is -0.589. The quantitative estimate of drug-likeness (QED) is 0.190. The third-order valence-corrected chi connectivity index (χ3v) is 9.27. The molecule has 11 heteroatoms. The topological polar surface area (TPSA) is 174 Å². The lowest BCUT2D eigenvalue weighted by molar-refractivity contribution is -0.129. The number of hydrogen-bond donors (Lipinski definition) is 4. The van der Waals surface area contributed by atoms with Gasteiger partial charge >= 0.3 is 0 Å². The number of amides is 2. The number of hydrogen-bond acceptors (Lipinski definition) is 9. The number of nitrogens with two attached hydrogens (primary N) is 2. The number of Topliss-reactive ketones (excluding diaryl/α,β-unsaturated/α-hetero) is 1. The van der Waals surface area contributed by atoms with Gasteiger partial charge in [0.25, 0.3) is 5.91 Å². The van der Waals surface area contributed by atoms with Crippen LogP contribution in [0.2, 0.25) is 0 Å². The summed E-state index contributed by atoms with van der Waals surface area (Å²) in [6.45, 7) is 3.67. The molecular weight excluding hydrogens is 606 g/mol. The summed E-state index contributed by atoms with van der Waals surface area (Å²) in [5.74, 6) is 0.774. The van der Waals surface area contributed by atoms with Crippen LogP contribution in [-0.4, -0.2) is 56.8 Å². The van der Waals surface area contributed by atoms with E-state index in [0.29, 0.717) is 61.5 Å². The van der Waals surface area contributed by atoms with Crippen molar-refractivity contribution in [2.45, 2.75) is 45.4 Å². The molecule has 5 rings (SSSR count). The average Bonchev–Trinajstić information content (AvgIpc) is 3.66. The van der Waals surface area contributed by atoms with Crippen molar-refractivity contribution in [1.82, 2.24) is 5.32 Å². The normalized spacial score (nSPS) is 17.8.